The summed E-state index contributed by atoms with van der Waals surface area (Å²) in [7, 11) is 0. The Kier molecular flexibility index (Phi) is 5.47. The third-order valence-electron chi connectivity index (χ3n) is 2.45. The molecule has 0 aliphatic heterocycles. The van der Waals surface area contributed by atoms with Gasteiger partial charge in [-0.05, 0) is 25.9 Å². The van der Waals surface area contributed by atoms with Crippen molar-refractivity contribution < 1.29 is 13.2 Å². The van der Waals surface area contributed by atoms with Crippen molar-refractivity contribution in [3.8, 4) is 0 Å². The second kappa shape index (κ2) is 6.64. The van der Waals surface area contributed by atoms with Crippen molar-refractivity contribution in [2.45, 2.75) is 38.9 Å². The zero-order chi connectivity index (χ0) is 12.7. The van der Waals surface area contributed by atoms with Gasteiger partial charge in [0.05, 0.1) is 11.8 Å². The van der Waals surface area contributed by atoms with Gasteiger partial charge in [0.1, 0.15) is 0 Å². The van der Waals surface area contributed by atoms with Crippen LogP contribution in [0.15, 0.2) is 12.4 Å². The number of unbranched alkanes of at least 4 members (excludes halogenated alkanes) is 2. The number of nitrogens with zero attached hydrogens (tertiary/aromatic N) is 2. The Morgan fingerprint density at radius 2 is 2.06 bits per heavy atom. The number of hydrogen-bond donors (Lipinski definition) is 1. The Labute approximate surface area is 99.0 Å². The Morgan fingerprint density at radius 3 is 2.65 bits per heavy atom. The predicted octanol–water partition coefficient (Wildman–Crippen LogP) is 2.68. The van der Waals surface area contributed by atoms with Gasteiger partial charge in [0.25, 0.3) is 0 Å². The lowest BCUT2D eigenvalue weighted by molar-refractivity contribution is -0.137. The summed E-state index contributed by atoms with van der Waals surface area (Å²) >= 11 is 0. The Morgan fingerprint density at radius 1 is 1.29 bits per heavy atom. The van der Waals surface area contributed by atoms with Crippen LogP contribution in [-0.4, -0.2) is 22.9 Å². The van der Waals surface area contributed by atoms with Gasteiger partial charge in [0.2, 0.25) is 0 Å². The quantitative estimate of drug-likeness (QED) is 0.753. The van der Waals surface area contributed by atoms with Crippen LogP contribution < -0.4 is 5.32 Å². The van der Waals surface area contributed by atoms with E-state index in [0.717, 1.165) is 44.7 Å². The molecule has 0 saturated heterocycles. The van der Waals surface area contributed by atoms with Crippen molar-refractivity contribution in [1.29, 1.82) is 0 Å². The number of alkyl halides is 3. The van der Waals surface area contributed by atoms with Crippen LogP contribution in [0, 0.1) is 0 Å². The maximum atomic E-state index is 12.3. The number of halogens is 3. The number of hydrogen-bond acceptors (Lipinski definition) is 2. The van der Waals surface area contributed by atoms with Gasteiger partial charge in [-0.15, -0.1) is 0 Å². The van der Waals surface area contributed by atoms with Gasteiger partial charge in [-0.2, -0.15) is 18.3 Å². The maximum Gasteiger partial charge on any atom is 0.419 e. The Bertz CT molecular complexity index is 320. The van der Waals surface area contributed by atoms with Crippen LogP contribution in [0.25, 0.3) is 0 Å². The molecule has 0 radical (unpaired) electrons. The minimum atomic E-state index is -4.29. The smallest absolute Gasteiger partial charge is 0.317 e. The van der Waals surface area contributed by atoms with Crippen LogP contribution in [0.5, 0.6) is 0 Å². The number of aryl methyl sites for hydroxylation is 1. The lowest BCUT2D eigenvalue weighted by Gasteiger charge is -2.03. The normalized spacial score (nSPS) is 12.0. The summed E-state index contributed by atoms with van der Waals surface area (Å²) in [6, 6.07) is 0. The molecule has 1 heterocycles. The molecular weight excluding hydrogens is 231 g/mol. The molecule has 0 aliphatic carbocycles. The number of rotatable bonds is 7. The highest BCUT2D eigenvalue weighted by Crippen LogP contribution is 2.28. The summed E-state index contributed by atoms with van der Waals surface area (Å²) < 4.78 is 38.2. The Hall–Kier alpha value is -1.04. The van der Waals surface area contributed by atoms with Gasteiger partial charge >= 0.3 is 6.18 Å². The fourth-order valence-corrected chi connectivity index (χ4v) is 1.51. The third kappa shape index (κ3) is 5.21. The molecule has 3 nitrogen and oxygen atoms in total. The minimum Gasteiger partial charge on any atom is -0.317 e. The summed E-state index contributed by atoms with van der Waals surface area (Å²) in [5.41, 5.74) is -0.676. The molecule has 17 heavy (non-hydrogen) atoms. The van der Waals surface area contributed by atoms with Crippen LogP contribution in [0.3, 0.4) is 0 Å². The van der Waals surface area contributed by atoms with Crippen LogP contribution in [0.4, 0.5) is 13.2 Å². The molecule has 1 rings (SSSR count). The first kappa shape index (κ1) is 14.0. The van der Waals surface area contributed by atoms with Crippen molar-refractivity contribution in [2.75, 3.05) is 13.1 Å². The van der Waals surface area contributed by atoms with Gasteiger partial charge in [-0.1, -0.05) is 13.3 Å². The van der Waals surface area contributed by atoms with E-state index in [-0.39, 0.29) is 0 Å². The molecule has 0 fully saturated rings. The molecule has 6 heteroatoms. The zero-order valence-corrected chi connectivity index (χ0v) is 9.93. The van der Waals surface area contributed by atoms with Gasteiger partial charge in [-0.25, -0.2) is 0 Å². The lowest BCUT2D eigenvalue weighted by atomic mass is 10.2. The van der Waals surface area contributed by atoms with Crippen molar-refractivity contribution in [2.24, 2.45) is 0 Å². The zero-order valence-electron chi connectivity index (χ0n) is 9.93. The average Bonchev–Trinajstić information content (AvgIpc) is 2.71. The SMILES string of the molecule is CCNCCCCCn1cc(C(F)(F)F)cn1. The van der Waals surface area contributed by atoms with Crippen molar-refractivity contribution in [3.05, 3.63) is 18.0 Å². The van der Waals surface area contributed by atoms with E-state index in [9.17, 15) is 13.2 Å². The molecule has 0 spiro atoms. The van der Waals surface area contributed by atoms with E-state index >= 15 is 0 Å². The molecule has 1 N–H and O–H groups in total. The molecule has 98 valence electrons. The van der Waals surface area contributed by atoms with E-state index < -0.39 is 11.7 Å². The van der Waals surface area contributed by atoms with E-state index in [4.69, 9.17) is 0 Å². The first-order chi connectivity index (χ1) is 8.04. The molecule has 0 atom stereocenters. The highest BCUT2D eigenvalue weighted by molar-refractivity contribution is 5.08. The predicted molar refractivity (Wildman–Crippen MR) is 59.6 cm³/mol. The fourth-order valence-electron chi connectivity index (χ4n) is 1.51. The van der Waals surface area contributed by atoms with E-state index in [1.54, 1.807) is 0 Å². The number of aromatic nitrogens is 2. The fraction of sp³-hybridized carbons (Fsp3) is 0.727. The standard InChI is InChI=1S/C11H18F3N3/c1-2-15-6-4-3-5-7-17-9-10(8-16-17)11(12,13)14/h8-9,15H,2-7H2,1H3. The highest BCUT2D eigenvalue weighted by atomic mass is 19.4. The lowest BCUT2D eigenvalue weighted by Crippen LogP contribution is -2.13. The van der Waals surface area contributed by atoms with E-state index in [1.165, 1.54) is 4.68 Å². The molecule has 0 aromatic carbocycles. The molecule has 0 bridgehead atoms. The molecular formula is C11H18F3N3. The topological polar surface area (TPSA) is 29.9 Å². The summed E-state index contributed by atoms with van der Waals surface area (Å²) in [5, 5.41) is 6.90. The summed E-state index contributed by atoms with van der Waals surface area (Å²) in [4.78, 5) is 0. The third-order valence-corrected chi connectivity index (χ3v) is 2.45. The molecule has 1 aromatic rings. The summed E-state index contributed by atoms with van der Waals surface area (Å²) in [5.74, 6) is 0. The molecule has 0 saturated carbocycles. The molecule has 0 unspecified atom stereocenters. The minimum absolute atomic E-state index is 0.544. The van der Waals surface area contributed by atoms with Crippen LogP contribution >= 0.6 is 0 Å². The van der Waals surface area contributed by atoms with Crippen LogP contribution in [0.2, 0.25) is 0 Å². The van der Waals surface area contributed by atoms with Crippen LogP contribution in [0.1, 0.15) is 31.7 Å². The summed E-state index contributed by atoms with van der Waals surface area (Å²) in [6.07, 6.45) is 0.534. The van der Waals surface area contributed by atoms with Gasteiger partial charge in [-0.3, -0.25) is 4.68 Å². The average molecular weight is 249 g/mol. The van der Waals surface area contributed by atoms with Gasteiger partial charge in [0.15, 0.2) is 0 Å². The van der Waals surface area contributed by atoms with E-state index in [1.807, 2.05) is 6.92 Å². The van der Waals surface area contributed by atoms with Gasteiger partial charge < -0.3 is 5.32 Å². The molecule has 0 amide bonds. The number of nitrogens with one attached hydrogen (secondary N) is 1. The second-order valence-electron chi connectivity index (χ2n) is 3.90. The highest BCUT2D eigenvalue weighted by Gasteiger charge is 2.31. The maximum absolute atomic E-state index is 12.3. The van der Waals surface area contributed by atoms with Gasteiger partial charge in [0, 0.05) is 12.7 Å². The van der Waals surface area contributed by atoms with E-state index in [2.05, 4.69) is 10.4 Å². The summed E-state index contributed by atoms with van der Waals surface area (Å²) in [6.45, 7) is 4.50. The first-order valence-corrected chi connectivity index (χ1v) is 5.84. The monoisotopic (exact) mass is 249 g/mol. The Balaban J connectivity index is 2.21. The second-order valence-corrected chi connectivity index (χ2v) is 3.90. The van der Waals surface area contributed by atoms with Crippen molar-refractivity contribution >= 4 is 0 Å². The molecule has 1 aromatic heterocycles. The first-order valence-electron chi connectivity index (χ1n) is 5.84. The van der Waals surface area contributed by atoms with Crippen molar-refractivity contribution in [1.82, 2.24) is 15.1 Å². The van der Waals surface area contributed by atoms with Crippen molar-refractivity contribution in [3.63, 3.8) is 0 Å². The molecule has 0 aliphatic rings. The largest absolute Gasteiger partial charge is 0.419 e. The van der Waals surface area contributed by atoms with Crippen LogP contribution in [-0.2, 0) is 12.7 Å². The van der Waals surface area contributed by atoms with E-state index in [0.29, 0.717) is 6.54 Å².